The van der Waals surface area contributed by atoms with Crippen LogP contribution >= 0.6 is 0 Å². The number of nitrogens with one attached hydrogen (secondary N) is 1. The zero-order valence-electron chi connectivity index (χ0n) is 7.54. The van der Waals surface area contributed by atoms with Crippen LogP contribution in [-0.2, 0) is 0 Å². The molecule has 0 bridgehead atoms. The summed E-state index contributed by atoms with van der Waals surface area (Å²) in [6.07, 6.45) is 4.64. The van der Waals surface area contributed by atoms with Crippen molar-refractivity contribution < 1.29 is 0 Å². The maximum atomic E-state index is 5.41. The highest BCUT2D eigenvalue weighted by Crippen LogP contribution is 2.17. The first-order valence-corrected chi connectivity index (χ1v) is 4.16. The Hall–Kier alpha value is -0.930. The first-order chi connectivity index (χ1) is 5.79. The first-order valence-electron chi connectivity index (χ1n) is 4.16. The van der Waals surface area contributed by atoms with Gasteiger partial charge in [-0.3, -0.25) is 16.3 Å². The Bertz CT molecular complexity index is 243. The molecule has 0 amide bonds. The van der Waals surface area contributed by atoms with E-state index in [2.05, 4.69) is 17.3 Å². The number of aryl methyl sites for hydroxylation is 1. The Balaban J connectivity index is 2.92. The lowest BCUT2D eigenvalue weighted by Crippen LogP contribution is -2.27. The number of nitrogens with zero attached hydrogens (tertiary/aromatic N) is 1. The fraction of sp³-hybridized carbons (Fsp3) is 0.444. The number of pyridine rings is 1. The van der Waals surface area contributed by atoms with Gasteiger partial charge in [-0.1, -0.05) is 6.92 Å². The van der Waals surface area contributed by atoms with E-state index in [-0.39, 0.29) is 6.04 Å². The predicted octanol–water partition coefficient (Wildman–Crippen LogP) is 1.30. The summed E-state index contributed by atoms with van der Waals surface area (Å²) in [7, 11) is 0. The minimum absolute atomic E-state index is 0.244. The quantitative estimate of drug-likeness (QED) is 0.524. The van der Waals surface area contributed by atoms with Crippen molar-refractivity contribution in [1.29, 1.82) is 0 Å². The Kier molecular flexibility index (Phi) is 3.19. The summed E-state index contributed by atoms with van der Waals surface area (Å²) in [5, 5.41) is 0. The molecule has 1 rings (SSSR count). The summed E-state index contributed by atoms with van der Waals surface area (Å²) in [4.78, 5) is 4.03. The molecule has 1 unspecified atom stereocenters. The van der Waals surface area contributed by atoms with Gasteiger partial charge in [-0.05, 0) is 30.5 Å². The van der Waals surface area contributed by atoms with E-state index < -0.39 is 0 Å². The van der Waals surface area contributed by atoms with Gasteiger partial charge in [0.15, 0.2) is 0 Å². The topological polar surface area (TPSA) is 50.9 Å². The highest BCUT2D eigenvalue weighted by molar-refractivity contribution is 5.24. The molecular weight excluding hydrogens is 150 g/mol. The molecule has 3 nitrogen and oxygen atoms in total. The van der Waals surface area contributed by atoms with E-state index in [1.807, 2.05) is 19.2 Å². The second-order valence-corrected chi connectivity index (χ2v) is 2.86. The number of hydrazine groups is 1. The molecule has 0 radical (unpaired) electrons. The Morgan fingerprint density at radius 1 is 1.67 bits per heavy atom. The van der Waals surface area contributed by atoms with Gasteiger partial charge in [0.2, 0.25) is 0 Å². The molecule has 0 aliphatic heterocycles. The number of rotatable bonds is 3. The highest BCUT2D eigenvalue weighted by atomic mass is 15.2. The zero-order valence-corrected chi connectivity index (χ0v) is 7.54. The van der Waals surface area contributed by atoms with Gasteiger partial charge in [-0.15, -0.1) is 0 Å². The lowest BCUT2D eigenvalue weighted by atomic mass is 10.0. The van der Waals surface area contributed by atoms with Crippen LogP contribution in [0.15, 0.2) is 18.5 Å². The summed E-state index contributed by atoms with van der Waals surface area (Å²) in [6.45, 7) is 4.15. The average Bonchev–Trinajstić information content (AvgIpc) is 2.10. The molecule has 1 atom stereocenters. The van der Waals surface area contributed by atoms with Crippen molar-refractivity contribution in [3.8, 4) is 0 Å². The molecule has 0 fully saturated rings. The molecule has 3 N–H and O–H groups in total. The van der Waals surface area contributed by atoms with Crippen molar-refractivity contribution in [2.24, 2.45) is 5.84 Å². The largest absolute Gasteiger partial charge is 0.271 e. The zero-order chi connectivity index (χ0) is 8.97. The van der Waals surface area contributed by atoms with Crippen molar-refractivity contribution in [2.75, 3.05) is 0 Å². The van der Waals surface area contributed by atoms with E-state index in [0.717, 1.165) is 6.42 Å². The van der Waals surface area contributed by atoms with Gasteiger partial charge >= 0.3 is 0 Å². The summed E-state index contributed by atoms with van der Waals surface area (Å²) in [6, 6.07) is 2.25. The Labute approximate surface area is 73.0 Å². The molecule has 0 aliphatic carbocycles. The minimum atomic E-state index is 0.244. The van der Waals surface area contributed by atoms with Gasteiger partial charge in [0.1, 0.15) is 0 Å². The van der Waals surface area contributed by atoms with Crippen LogP contribution in [-0.4, -0.2) is 4.98 Å². The third-order valence-corrected chi connectivity index (χ3v) is 2.05. The number of nitrogens with two attached hydrogens (primary N) is 1. The smallest absolute Gasteiger partial charge is 0.0461 e. The predicted molar refractivity (Wildman–Crippen MR) is 49.3 cm³/mol. The number of hydrogen-bond acceptors (Lipinski definition) is 3. The van der Waals surface area contributed by atoms with Crippen molar-refractivity contribution in [3.05, 3.63) is 29.6 Å². The minimum Gasteiger partial charge on any atom is -0.271 e. The van der Waals surface area contributed by atoms with Crippen molar-refractivity contribution >= 4 is 0 Å². The summed E-state index contributed by atoms with van der Waals surface area (Å²) >= 11 is 0. The number of hydrogen-bond donors (Lipinski definition) is 2. The molecule has 1 aromatic rings. The third kappa shape index (κ3) is 1.81. The standard InChI is InChI=1S/C9H15N3/c1-3-9(12-10)8-4-5-11-6-7(8)2/h4-6,9,12H,3,10H2,1-2H3. The maximum Gasteiger partial charge on any atom is 0.0461 e. The van der Waals surface area contributed by atoms with Crippen LogP contribution in [0.25, 0.3) is 0 Å². The molecule has 0 aliphatic rings. The molecule has 0 spiro atoms. The van der Waals surface area contributed by atoms with E-state index in [9.17, 15) is 0 Å². The lowest BCUT2D eigenvalue weighted by molar-refractivity contribution is 0.536. The van der Waals surface area contributed by atoms with E-state index in [0.29, 0.717) is 0 Å². The van der Waals surface area contributed by atoms with E-state index in [1.165, 1.54) is 11.1 Å². The first kappa shape index (κ1) is 9.16. The molecule has 3 heteroatoms. The van der Waals surface area contributed by atoms with Gasteiger partial charge < -0.3 is 0 Å². The molecule has 0 saturated heterocycles. The van der Waals surface area contributed by atoms with Crippen LogP contribution in [0.4, 0.5) is 0 Å². The van der Waals surface area contributed by atoms with Gasteiger partial charge in [0.05, 0.1) is 0 Å². The molecule has 1 aromatic heterocycles. The summed E-state index contributed by atoms with van der Waals surface area (Å²) in [5.41, 5.74) is 5.20. The van der Waals surface area contributed by atoms with E-state index in [1.54, 1.807) is 6.20 Å². The van der Waals surface area contributed by atoms with Crippen LogP contribution in [0.1, 0.15) is 30.5 Å². The van der Waals surface area contributed by atoms with Crippen molar-refractivity contribution in [2.45, 2.75) is 26.3 Å². The van der Waals surface area contributed by atoms with Gasteiger partial charge in [-0.25, -0.2) is 0 Å². The van der Waals surface area contributed by atoms with Crippen LogP contribution in [0.3, 0.4) is 0 Å². The molecule has 1 heterocycles. The molecular formula is C9H15N3. The second-order valence-electron chi connectivity index (χ2n) is 2.86. The second kappa shape index (κ2) is 4.18. The average molecular weight is 165 g/mol. The fourth-order valence-corrected chi connectivity index (χ4v) is 1.30. The molecule has 12 heavy (non-hydrogen) atoms. The SMILES string of the molecule is CCC(NN)c1ccncc1C. The molecule has 0 aromatic carbocycles. The van der Waals surface area contributed by atoms with Crippen LogP contribution in [0.2, 0.25) is 0 Å². The van der Waals surface area contributed by atoms with Gasteiger partial charge in [0.25, 0.3) is 0 Å². The van der Waals surface area contributed by atoms with Crippen LogP contribution in [0.5, 0.6) is 0 Å². The van der Waals surface area contributed by atoms with E-state index in [4.69, 9.17) is 5.84 Å². The summed E-state index contributed by atoms with van der Waals surface area (Å²) in [5.74, 6) is 5.41. The van der Waals surface area contributed by atoms with E-state index >= 15 is 0 Å². The lowest BCUT2D eigenvalue weighted by Gasteiger charge is -2.15. The Morgan fingerprint density at radius 3 is 2.92 bits per heavy atom. The van der Waals surface area contributed by atoms with Crippen molar-refractivity contribution in [1.82, 2.24) is 10.4 Å². The fourth-order valence-electron chi connectivity index (χ4n) is 1.30. The normalized spacial score (nSPS) is 12.9. The Morgan fingerprint density at radius 2 is 2.42 bits per heavy atom. The molecule has 0 saturated carbocycles. The number of aromatic nitrogens is 1. The summed E-state index contributed by atoms with van der Waals surface area (Å²) < 4.78 is 0. The van der Waals surface area contributed by atoms with Gasteiger partial charge in [0, 0.05) is 18.4 Å². The third-order valence-electron chi connectivity index (χ3n) is 2.05. The monoisotopic (exact) mass is 165 g/mol. The van der Waals surface area contributed by atoms with Crippen LogP contribution in [0, 0.1) is 6.92 Å². The highest BCUT2D eigenvalue weighted by Gasteiger charge is 2.08. The van der Waals surface area contributed by atoms with Crippen molar-refractivity contribution in [3.63, 3.8) is 0 Å². The molecule has 66 valence electrons. The van der Waals surface area contributed by atoms with Gasteiger partial charge in [-0.2, -0.15) is 0 Å². The maximum absolute atomic E-state index is 5.41. The van der Waals surface area contributed by atoms with Crippen LogP contribution < -0.4 is 11.3 Å².